The van der Waals surface area contributed by atoms with E-state index >= 15 is 0 Å². The molecule has 0 saturated carbocycles. The average molecular weight is 1730 g/mol. The summed E-state index contributed by atoms with van der Waals surface area (Å²) in [4.78, 5) is 7.03. The first-order chi connectivity index (χ1) is 58.3. The molecule has 1 aliphatic carbocycles. The van der Waals surface area contributed by atoms with Crippen LogP contribution in [0.2, 0.25) is 0 Å². The maximum atomic E-state index is 3.70. The van der Waals surface area contributed by atoms with Gasteiger partial charge in [-0.15, -0.1) is 0 Å². The first kappa shape index (κ1) is 78.3. The average Bonchev–Trinajstić information content (AvgIpc) is 1.52. The lowest BCUT2D eigenvalue weighted by Gasteiger charge is -2.28. The highest BCUT2D eigenvalue weighted by atomic mass is 79.9. The topological polar surface area (TPSA) is 9.72 Å². The van der Waals surface area contributed by atoms with Crippen LogP contribution in [-0.4, -0.2) is 0 Å². The molecule has 3 nitrogen and oxygen atoms in total. The van der Waals surface area contributed by atoms with Gasteiger partial charge >= 0.3 is 0 Å². The van der Waals surface area contributed by atoms with Crippen molar-refractivity contribution in [3.8, 4) is 100 Å². The van der Waals surface area contributed by atoms with Gasteiger partial charge in [0.1, 0.15) is 0 Å². The van der Waals surface area contributed by atoms with Gasteiger partial charge in [0.25, 0.3) is 0 Å². The number of aryl methyl sites for hydroxylation is 2. The van der Waals surface area contributed by atoms with Crippen LogP contribution in [0.3, 0.4) is 0 Å². The van der Waals surface area contributed by atoms with Gasteiger partial charge in [-0.2, -0.15) is 0 Å². The van der Waals surface area contributed by atoms with E-state index in [-0.39, 0.29) is 5.41 Å². The molecule has 0 amide bonds. The lowest BCUT2D eigenvalue weighted by molar-refractivity contribution is 0.660. The van der Waals surface area contributed by atoms with E-state index in [9.17, 15) is 0 Å². The van der Waals surface area contributed by atoms with Crippen LogP contribution in [-0.2, 0) is 5.41 Å². The Balaban J connectivity index is 0.000000128. The molecule has 0 spiro atoms. The largest absolute Gasteiger partial charge is 0.311 e. The zero-order valence-electron chi connectivity index (χ0n) is 66.7. The van der Waals surface area contributed by atoms with Gasteiger partial charge in [0.05, 0.1) is 0 Å². The Morgan fingerprint density at radius 1 is 0.168 bits per heavy atom. The SMILES string of the molecule is Brc1cccc(-c2ccc(N(c3ccc(-c4ccccc4)cc3)c3ccc(-c4ccccc4)cc3)cc2)c1.CC1(C)c2cc(Br)ccc2-c2ccc(N(c3ccc(-c4ccccc4)cc3)c3ccc(-c4ccccc4)cc3)cc21.Cc1cc(Br)ccc1-c1ccc(N(c2ccc(-c3ccccc3)cc2)c2ccc(-c3ccccc3)cc2)cc1C. The fourth-order valence-electron chi connectivity index (χ4n) is 16.3. The molecule has 0 aliphatic heterocycles. The van der Waals surface area contributed by atoms with Crippen molar-refractivity contribution in [2.24, 2.45) is 0 Å². The summed E-state index contributed by atoms with van der Waals surface area (Å²) in [6.45, 7) is 9.04. The maximum absolute atomic E-state index is 3.70. The molecule has 0 unspecified atom stereocenters. The molecule has 0 aromatic heterocycles. The van der Waals surface area contributed by atoms with Crippen molar-refractivity contribution >= 4 is 99.0 Å². The van der Waals surface area contributed by atoms with Crippen LogP contribution in [0.4, 0.5) is 51.2 Å². The molecule has 0 saturated heterocycles. The predicted octanol–water partition coefficient (Wildman–Crippen LogP) is 34.0. The highest BCUT2D eigenvalue weighted by Crippen LogP contribution is 2.52. The molecule has 0 heterocycles. The van der Waals surface area contributed by atoms with Gasteiger partial charge in [0.2, 0.25) is 0 Å². The Kier molecular flexibility index (Phi) is 23.5. The molecule has 0 bridgehead atoms. The number of rotatable bonds is 17. The van der Waals surface area contributed by atoms with E-state index in [0.717, 1.165) is 64.6 Å². The number of hydrogen-bond donors (Lipinski definition) is 0. The number of nitrogens with zero attached hydrogens (tertiary/aromatic N) is 3. The van der Waals surface area contributed by atoms with E-state index in [1.165, 1.54) is 122 Å². The van der Waals surface area contributed by atoms with Crippen LogP contribution in [0.15, 0.2) is 462 Å². The van der Waals surface area contributed by atoms with Gasteiger partial charge in [-0.3, -0.25) is 0 Å². The number of fused-ring (bicyclic) bond motifs is 3. The summed E-state index contributed by atoms with van der Waals surface area (Å²) in [6, 6.07) is 160. The van der Waals surface area contributed by atoms with Crippen LogP contribution in [0.5, 0.6) is 0 Å². The molecule has 0 fully saturated rings. The highest BCUT2D eigenvalue weighted by molar-refractivity contribution is 9.11. The van der Waals surface area contributed by atoms with Crippen molar-refractivity contribution in [3.05, 3.63) is 485 Å². The Hall–Kier alpha value is -13.2. The van der Waals surface area contributed by atoms with Gasteiger partial charge in [-0.05, 0) is 282 Å². The zero-order chi connectivity index (χ0) is 81.2. The Morgan fingerprint density at radius 2 is 0.378 bits per heavy atom. The minimum atomic E-state index is -0.0928. The van der Waals surface area contributed by atoms with E-state index < -0.39 is 0 Å². The maximum Gasteiger partial charge on any atom is 0.0465 e. The molecule has 18 aromatic carbocycles. The van der Waals surface area contributed by atoms with E-state index in [2.05, 4.69) is 539 Å². The molecule has 1 aliphatic rings. The molecule has 0 radical (unpaired) electrons. The van der Waals surface area contributed by atoms with Crippen LogP contribution >= 0.6 is 47.8 Å². The van der Waals surface area contributed by atoms with Crippen molar-refractivity contribution < 1.29 is 0 Å². The fraction of sp³-hybridized carbons (Fsp3) is 0.0442. The third kappa shape index (κ3) is 17.6. The van der Waals surface area contributed by atoms with Gasteiger partial charge in [0.15, 0.2) is 0 Å². The van der Waals surface area contributed by atoms with Crippen molar-refractivity contribution in [3.63, 3.8) is 0 Å². The van der Waals surface area contributed by atoms with Crippen molar-refractivity contribution in [1.82, 2.24) is 0 Å². The van der Waals surface area contributed by atoms with Crippen LogP contribution in [0, 0.1) is 13.8 Å². The minimum Gasteiger partial charge on any atom is -0.311 e. The van der Waals surface area contributed by atoms with E-state index in [1.807, 2.05) is 0 Å². The monoisotopic (exact) mass is 1720 g/mol. The molecule has 574 valence electrons. The normalized spacial score (nSPS) is 11.6. The summed E-state index contributed by atoms with van der Waals surface area (Å²) in [5.74, 6) is 0. The molecule has 6 heteroatoms. The predicted molar refractivity (Wildman–Crippen MR) is 517 cm³/mol. The second-order valence-corrected chi connectivity index (χ2v) is 33.3. The number of anilines is 9. The van der Waals surface area contributed by atoms with Gasteiger partial charge in [-0.1, -0.05) is 365 Å². The summed E-state index contributed by atoms with van der Waals surface area (Å²) in [6.07, 6.45) is 0. The van der Waals surface area contributed by atoms with Gasteiger partial charge in [0, 0.05) is 70.0 Å². The molecule has 0 atom stereocenters. The van der Waals surface area contributed by atoms with Crippen molar-refractivity contribution in [2.45, 2.75) is 33.1 Å². The Bertz CT molecular complexity index is 6220. The second-order valence-electron chi connectivity index (χ2n) is 30.5. The molecule has 0 N–H and O–H groups in total. The molecule has 19 rings (SSSR count). The summed E-state index contributed by atoms with van der Waals surface area (Å²) >= 11 is 10.9. The van der Waals surface area contributed by atoms with Crippen molar-refractivity contribution in [2.75, 3.05) is 14.7 Å². The summed E-state index contributed by atoms with van der Waals surface area (Å²) in [5, 5.41) is 0. The van der Waals surface area contributed by atoms with E-state index in [1.54, 1.807) is 0 Å². The third-order valence-electron chi connectivity index (χ3n) is 22.5. The zero-order valence-corrected chi connectivity index (χ0v) is 71.5. The smallest absolute Gasteiger partial charge is 0.0465 e. The molecular formula is C113H86Br3N3. The lowest BCUT2D eigenvalue weighted by Crippen LogP contribution is -2.16. The summed E-state index contributed by atoms with van der Waals surface area (Å²) in [7, 11) is 0. The van der Waals surface area contributed by atoms with Crippen LogP contribution in [0.25, 0.3) is 100 Å². The molecule has 18 aromatic rings. The van der Waals surface area contributed by atoms with Crippen molar-refractivity contribution in [1.29, 1.82) is 0 Å². The first-order valence-electron chi connectivity index (χ1n) is 40.3. The third-order valence-corrected chi connectivity index (χ3v) is 24.0. The summed E-state index contributed by atoms with van der Waals surface area (Å²) in [5.41, 5.74) is 37.4. The second kappa shape index (κ2) is 35.7. The fourth-order valence-corrected chi connectivity index (χ4v) is 17.5. The number of benzene rings is 18. The van der Waals surface area contributed by atoms with E-state index in [4.69, 9.17) is 0 Å². The quantitative estimate of drug-likeness (QED) is 0.0900. The minimum absolute atomic E-state index is 0.0928. The van der Waals surface area contributed by atoms with Crippen LogP contribution < -0.4 is 14.7 Å². The first-order valence-corrected chi connectivity index (χ1v) is 42.7. The molecule has 119 heavy (non-hydrogen) atoms. The number of halogens is 3. The number of hydrogen-bond acceptors (Lipinski definition) is 3. The lowest BCUT2D eigenvalue weighted by atomic mass is 9.82. The standard InChI is InChI=1S/C39H30BrN.C38H30BrN.C36H26BrN/c1-39(2)37-25-31(40)17-23-35(37)36-24-22-34(26-38(36)39)41(32-18-13-29(14-19-32)27-9-5-3-6-10-27)33-20-15-30(16-21-33)28-11-7-4-8-12-28;1-27-25-33(39)17-23-37(27)38-24-22-36(26-28(38)2)40(34-18-13-31(14-19-34)29-9-5-3-6-10-29)35-20-15-32(16-21-35)30-11-7-4-8-12-30;37-33-13-7-12-32(26-33)31-18-24-36(25-19-31)38(34-20-14-29(15-21-34)27-8-3-1-4-9-27)35-22-16-30(17-23-35)28-10-5-2-6-11-28/h3-26H,1-2H3;3-26H,1-2H3;1-26H. The Morgan fingerprint density at radius 3 is 0.672 bits per heavy atom. The van der Waals surface area contributed by atoms with E-state index in [0.29, 0.717) is 0 Å². The Labute approximate surface area is 725 Å². The van der Waals surface area contributed by atoms with Gasteiger partial charge < -0.3 is 14.7 Å². The van der Waals surface area contributed by atoms with Gasteiger partial charge in [-0.25, -0.2) is 0 Å². The highest BCUT2D eigenvalue weighted by Gasteiger charge is 2.36. The molecular weight excluding hydrogens is 1640 g/mol. The van der Waals surface area contributed by atoms with Crippen LogP contribution in [0.1, 0.15) is 36.1 Å². The summed E-state index contributed by atoms with van der Waals surface area (Å²) < 4.78 is 3.31.